The van der Waals surface area contributed by atoms with Crippen LogP contribution in [-0.4, -0.2) is 115 Å². The monoisotopic (exact) mass is 783 g/mol. The molecule has 0 radical (unpaired) electrons. The number of amides is 1. The molecule has 1 amide bonds. The predicted octanol–water partition coefficient (Wildman–Crippen LogP) is 4.11. The highest BCUT2D eigenvalue weighted by molar-refractivity contribution is 6.05. The molecule has 3 aliphatic heterocycles. The molecule has 57 heavy (non-hydrogen) atoms. The van der Waals surface area contributed by atoms with Gasteiger partial charge in [-0.05, 0) is 73.2 Å². The van der Waals surface area contributed by atoms with Crippen molar-refractivity contribution in [2.75, 3.05) is 46.9 Å². The van der Waals surface area contributed by atoms with Crippen molar-refractivity contribution >= 4 is 17.8 Å². The van der Waals surface area contributed by atoms with Crippen LogP contribution in [0.25, 0.3) is 0 Å². The number of ketones is 1. The molecule has 1 saturated carbocycles. The van der Waals surface area contributed by atoms with Crippen LogP contribution >= 0.6 is 0 Å². The smallest absolute Gasteiger partial charge is 0.415 e. The maximum Gasteiger partial charge on any atom is 0.415 e. The van der Waals surface area contributed by atoms with E-state index >= 15 is 0 Å². The molecule has 2 aromatic carbocycles. The molecule has 304 valence electrons. The Kier molecular flexibility index (Phi) is 10.0. The van der Waals surface area contributed by atoms with Crippen LogP contribution in [0.5, 0.6) is 11.5 Å². The van der Waals surface area contributed by atoms with Gasteiger partial charge < -0.3 is 49.1 Å². The summed E-state index contributed by atoms with van der Waals surface area (Å²) >= 11 is 0. The number of likely N-dealkylation sites (N-methyl/N-ethyl adjacent to an activating group) is 1. The fourth-order valence-electron chi connectivity index (χ4n) is 10.4. The van der Waals surface area contributed by atoms with Crippen molar-refractivity contribution in [2.45, 2.75) is 81.4 Å². The van der Waals surface area contributed by atoms with Gasteiger partial charge in [0.25, 0.3) is 5.97 Å². The van der Waals surface area contributed by atoms with E-state index in [2.05, 4.69) is 18.4 Å². The van der Waals surface area contributed by atoms with Crippen LogP contribution < -0.4 is 15.2 Å². The molecule has 13 nitrogen and oxygen atoms in total. The number of carbonyl (C=O) groups excluding carboxylic acids is 3. The Morgan fingerprint density at radius 3 is 2.56 bits per heavy atom. The lowest BCUT2D eigenvalue weighted by Crippen LogP contribution is -2.70. The van der Waals surface area contributed by atoms with Gasteiger partial charge in [-0.1, -0.05) is 62.1 Å². The lowest BCUT2D eigenvalue weighted by Gasteiger charge is -2.59. The quantitative estimate of drug-likeness (QED) is 0.263. The first kappa shape index (κ1) is 39.5. The van der Waals surface area contributed by atoms with Crippen molar-refractivity contribution in [3.05, 3.63) is 95.1 Å². The van der Waals surface area contributed by atoms with Gasteiger partial charge in [-0.15, -0.1) is 0 Å². The fourth-order valence-corrected chi connectivity index (χ4v) is 10.4. The van der Waals surface area contributed by atoms with Crippen molar-refractivity contribution in [1.82, 2.24) is 9.80 Å². The molecule has 8 rings (SSSR count). The Balaban J connectivity index is 1.04. The molecule has 3 saturated heterocycles. The SMILES string of the molecule is C=C(C)[C@]12C[C@@H](C)[C@@]34O[C@](Cc5ccccc5)(O[C@@H]1[C@@H]3C=C(COC(=O)Cc1ccc(OC(=O)N3CCN(C)CC3CN)c(OC)c1)C[C@]1(O)C(=O)C(C)=C[C@@H]41)O2. The number of esters is 1. The molecule has 6 aliphatic rings. The van der Waals surface area contributed by atoms with Gasteiger partial charge in [0.2, 0.25) is 0 Å². The zero-order valence-electron chi connectivity index (χ0n) is 33.3. The van der Waals surface area contributed by atoms with Gasteiger partial charge in [0.1, 0.15) is 23.9 Å². The average Bonchev–Trinajstić information content (AvgIpc) is 3.49. The molecule has 4 fully saturated rings. The molecule has 0 aromatic heterocycles. The lowest BCUT2D eigenvalue weighted by atomic mass is 9.55. The van der Waals surface area contributed by atoms with E-state index in [1.54, 1.807) is 30.0 Å². The van der Waals surface area contributed by atoms with E-state index in [0.717, 1.165) is 11.1 Å². The first-order valence-electron chi connectivity index (χ1n) is 19.8. The number of piperazine rings is 1. The Hall–Kier alpha value is -4.37. The summed E-state index contributed by atoms with van der Waals surface area (Å²) in [7, 11) is 3.44. The Bertz CT molecular complexity index is 2040. The number of hydrogen-bond acceptors (Lipinski definition) is 12. The average molecular weight is 784 g/mol. The number of nitrogens with zero attached hydrogens (tertiary/aromatic N) is 2. The molecule has 13 heteroatoms. The molecule has 1 unspecified atom stereocenters. The van der Waals surface area contributed by atoms with E-state index in [0.29, 0.717) is 55.7 Å². The maximum atomic E-state index is 14.0. The highest BCUT2D eigenvalue weighted by Crippen LogP contribution is 2.68. The summed E-state index contributed by atoms with van der Waals surface area (Å²) in [4.78, 5) is 44.3. The Morgan fingerprint density at radius 2 is 1.84 bits per heavy atom. The zero-order valence-corrected chi connectivity index (χ0v) is 33.3. The molecular weight excluding hydrogens is 730 g/mol. The van der Waals surface area contributed by atoms with Gasteiger partial charge in [-0.2, -0.15) is 0 Å². The number of ether oxygens (including phenoxy) is 6. The van der Waals surface area contributed by atoms with E-state index in [-0.39, 0.29) is 48.7 Å². The molecule has 0 spiro atoms. The number of aliphatic hydroxyl groups is 1. The van der Waals surface area contributed by atoms with Crippen molar-refractivity contribution < 1.29 is 47.9 Å². The summed E-state index contributed by atoms with van der Waals surface area (Å²) in [5, 5.41) is 12.6. The number of methoxy groups -OCH3 is 1. The number of Topliss-reactive ketones (excluding diaryl/α,β-unsaturated/α-hetero) is 1. The first-order valence-corrected chi connectivity index (χ1v) is 19.8. The van der Waals surface area contributed by atoms with Crippen molar-refractivity contribution in [3.8, 4) is 11.5 Å². The molecule has 3 N–H and O–H groups in total. The topological polar surface area (TPSA) is 159 Å². The number of benzene rings is 2. The van der Waals surface area contributed by atoms with Crippen LogP contribution in [0.3, 0.4) is 0 Å². The summed E-state index contributed by atoms with van der Waals surface area (Å²) < 4.78 is 38.2. The minimum Gasteiger partial charge on any atom is -0.493 e. The van der Waals surface area contributed by atoms with Crippen LogP contribution in [-0.2, 0) is 41.4 Å². The first-order chi connectivity index (χ1) is 27.2. The minimum atomic E-state index is -1.84. The van der Waals surface area contributed by atoms with Gasteiger partial charge in [0.15, 0.2) is 17.3 Å². The fraction of sp³-hybridized carbons (Fsp3) is 0.523. The Morgan fingerprint density at radius 1 is 1.07 bits per heavy atom. The number of hydrogen-bond donors (Lipinski definition) is 2. The number of fused-ring (bicyclic) bond motifs is 2. The van der Waals surface area contributed by atoms with E-state index in [1.807, 2.05) is 56.5 Å². The Labute approximate surface area is 333 Å². The molecular formula is C44H53N3O10. The third-order valence-corrected chi connectivity index (χ3v) is 13.1. The normalized spacial score (nSPS) is 35.5. The number of carbonyl (C=O) groups is 3. The third kappa shape index (κ3) is 6.43. The second-order valence-corrected chi connectivity index (χ2v) is 16.9. The van der Waals surface area contributed by atoms with Crippen LogP contribution in [0.1, 0.15) is 44.7 Å². The van der Waals surface area contributed by atoms with Crippen LogP contribution in [0.4, 0.5) is 4.79 Å². The molecule has 3 bridgehead atoms. The van der Waals surface area contributed by atoms with Gasteiger partial charge in [-0.3, -0.25) is 9.59 Å². The van der Waals surface area contributed by atoms with Gasteiger partial charge in [0.05, 0.1) is 31.6 Å². The maximum absolute atomic E-state index is 14.0. The van der Waals surface area contributed by atoms with E-state index in [9.17, 15) is 19.5 Å². The van der Waals surface area contributed by atoms with Gasteiger partial charge >= 0.3 is 12.1 Å². The van der Waals surface area contributed by atoms with Gasteiger partial charge in [-0.25, -0.2) is 4.79 Å². The summed E-state index contributed by atoms with van der Waals surface area (Å²) in [6, 6.07) is 14.6. The number of rotatable bonds is 10. The second kappa shape index (κ2) is 14.5. The summed E-state index contributed by atoms with van der Waals surface area (Å²) in [5.74, 6) is -3.26. The van der Waals surface area contributed by atoms with E-state index < -0.39 is 52.8 Å². The molecule has 3 aliphatic carbocycles. The minimum absolute atomic E-state index is 0.0442. The highest BCUT2D eigenvalue weighted by Gasteiger charge is 2.79. The molecule has 3 heterocycles. The van der Waals surface area contributed by atoms with E-state index in [4.69, 9.17) is 34.2 Å². The van der Waals surface area contributed by atoms with E-state index in [1.165, 1.54) is 7.11 Å². The zero-order chi connectivity index (χ0) is 40.5. The van der Waals surface area contributed by atoms with Crippen LogP contribution in [0, 0.1) is 17.8 Å². The number of nitrogens with two attached hydrogens (primary N) is 1. The summed E-state index contributed by atoms with van der Waals surface area (Å²) in [6.07, 6.45) is 3.46. The molecule has 2 aromatic rings. The van der Waals surface area contributed by atoms with Crippen molar-refractivity contribution in [3.63, 3.8) is 0 Å². The van der Waals surface area contributed by atoms with Gasteiger partial charge in [0, 0.05) is 44.4 Å². The van der Waals surface area contributed by atoms with Crippen molar-refractivity contribution in [2.24, 2.45) is 23.5 Å². The third-order valence-electron chi connectivity index (χ3n) is 13.1. The van der Waals surface area contributed by atoms with Crippen LogP contribution in [0.15, 0.2) is 84.0 Å². The lowest BCUT2D eigenvalue weighted by molar-refractivity contribution is -0.421. The predicted molar refractivity (Wildman–Crippen MR) is 208 cm³/mol. The summed E-state index contributed by atoms with van der Waals surface area (Å²) in [6.45, 7) is 12.1. The highest BCUT2D eigenvalue weighted by atomic mass is 16.9. The summed E-state index contributed by atoms with van der Waals surface area (Å²) in [5.41, 5.74) is 5.51. The molecule has 9 atom stereocenters. The second-order valence-electron chi connectivity index (χ2n) is 16.9. The van der Waals surface area contributed by atoms with Crippen LogP contribution in [0.2, 0.25) is 0 Å². The largest absolute Gasteiger partial charge is 0.493 e. The standard InChI is InChI=1S/C44H53N3O10/c1-26(2)42-20-28(4)44-33(39(42)55-43(56-42,57-44)22-29-10-8-7-9-11-29)17-31(21-41(51)36(44)16-27(3)38(41)49)25-53-37(48)19-30-12-13-34(35(18-30)52-6)54-40(50)47-15-14-46(5)24-32(47)23-45/h7-13,16-18,28,32-33,36,39,51H,1,14-15,19-25,45H2,2-6H3/t28-,32?,33+,36-,39-,41-,42-,43-,44-/m1/s1. The van der Waals surface area contributed by atoms with Crippen molar-refractivity contribution in [1.29, 1.82) is 0 Å².